The van der Waals surface area contributed by atoms with Gasteiger partial charge in [0.15, 0.2) is 0 Å². The molecule has 0 saturated carbocycles. The molecular weight excluding hydrogens is 260 g/mol. The van der Waals surface area contributed by atoms with Crippen LogP contribution in [0.2, 0.25) is 0 Å². The number of aliphatic carboxylic acids is 1. The van der Waals surface area contributed by atoms with E-state index in [4.69, 9.17) is 5.11 Å². The van der Waals surface area contributed by atoms with E-state index < -0.39 is 21.9 Å². The molecule has 1 atom stereocenters. The molecule has 7 nitrogen and oxygen atoms in total. The second-order valence-corrected chi connectivity index (χ2v) is 6.60. The van der Waals surface area contributed by atoms with Crippen molar-refractivity contribution < 1.29 is 23.1 Å². The van der Waals surface area contributed by atoms with Crippen molar-refractivity contribution in [3.05, 3.63) is 0 Å². The number of carbonyl (C=O) groups excluding carboxylic acids is 1. The van der Waals surface area contributed by atoms with Crippen LogP contribution < -0.4 is 5.32 Å². The van der Waals surface area contributed by atoms with E-state index >= 15 is 0 Å². The molecule has 1 amide bonds. The van der Waals surface area contributed by atoms with E-state index in [0.29, 0.717) is 13.0 Å². The summed E-state index contributed by atoms with van der Waals surface area (Å²) in [6, 6.07) is 0. The topological polar surface area (TPSA) is 104 Å². The van der Waals surface area contributed by atoms with E-state index in [0.717, 1.165) is 4.31 Å². The van der Waals surface area contributed by atoms with Crippen LogP contribution in [0.25, 0.3) is 0 Å². The maximum atomic E-state index is 11.5. The van der Waals surface area contributed by atoms with Gasteiger partial charge in [-0.2, -0.15) is 4.31 Å². The number of carbonyl (C=O) groups is 2. The quantitative estimate of drug-likeness (QED) is 0.665. The normalized spacial score (nSPS) is 20.5. The van der Waals surface area contributed by atoms with Gasteiger partial charge in [-0.1, -0.05) is 6.92 Å². The number of sulfonamides is 1. The van der Waals surface area contributed by atoms with Crippen molar-refractivity contribution in [3.8, 4) is 0 Å². The summed E-state index contributed by atoms with van der Waals surface area (Å²) in [5.41, 5.74) is 0. The fraction of sp³-hybridized carbons (Fsp3) is 0.800. The molecule has 0 radical (unpaired) electrons. The molecule has 1 rings (SSSR count). The van der Waals surface area contributed by atoms with Crippen LogP contribution in [0.4, 0.5) is 0 Å². The molecule has 1 aliphatic rings. The summed E-state index contributed by atoms with van der Waals surface area (Å²) in [6.45, 7) is 2.14. The SMILES string of the molecule is CC(CNC(=O)CN1CCCS1(=O)=O)CC(=O)O. The summed E-state index contributed by atoms with van der Waals surface area (Å²) in [4.78, 5) is 21.9. The Balaban J connectivity index is 2.32. The number of amides is 1. The standard InChI is InChI=1S/C10H18N2O5S/c1-8(5-10(14)15)6-11-9(13)7-12-3-2-4-18(12,16)17/h8H,2-7H2,1H3,(H,11,13)(H,14,15). The third-order valence-electron chi connectivity index (χ3n) is 2.69. The summed E-state index contributed by atoms with van der Waals surface area (Å²) in [6.07, 6.45) is 0.521. The van der Waals surface area contributed by atoms with E-state index in [-0.39, 0.29) is 31.2 Å². The van der Waals surface area contributed by atoms with E-state index in [1.54, 1.807) is 6.92 Å². The monoisotopic (exact) mass is 278 g/mol. The van der Waals surface area contributed by atoms with Crippen LogP contribution in [0.5, 0.6) is 0 Å². The van der Waals surface area contributed by atoms with Crippen molar-refractivity contribution in [1.29, 1.82) is 0 Å². The summed E-state index contributed by atoms with van der Waals surface area (Å²) in [5, 5.41) is 11.1. The number of carboxylic acids is 1. The molecule has 1 heterocycles. The molecule has 0 aromatic rings. The number of nitrogens with zero attached hydrogens (tertiary/aromatic N) is 1. The third-order valence-corrected chi connectivity index (χ3v) is 4.60. The lowest BCUT2D eigenvalue weighted by Crippen LogP contribution is -2.39. The molecule has 1 saturated heterocycles. The second-order valence-electron chi connectivity index (χ2n) is 4.51. The van der Waals surface area contributed by atoms with Crippen LogP contribution in [0.3, 0.4) is 0 Å². The van der Waals surface area contributed by atoms with Crippen LogP contribution in [0.15, 0.2) is 0 Å². The van der Waals surface area contributed by atoms with Gasteiger partial charge in [-0.15, -0.1) is 0 Å². The predicted octanol–water partition coefficient (Wildman–Crippen LogP) is -0.751. The van der Waals surface area contributed by atoms with Crippen LogP contribution in [0.1, 0.15) is 19.8 Å². The Labute approximate surface area is 106 Å². The highest BCUT2D eigenvalue weighted by Gasteiger charge is 2.29. The minimum Gasteiger partial charge on any atom is -0.481 e. The first-order valence-corrected chi connectivity index (χ1v) is 7.38. The number of nitrogens with one attached hydrogen (secondary N) is 1. The lowest BCUT2D eigenvalue weighted by Gasteiger charge is -2.15. The smallest absolute Gasteiger partial charge is 0.303 e. The van der Waals surface area contributed by atoms with E-state index in [1.165, 1.54) is 0 Å². The maximum absolute atomic E-state index is 11.5. The average Bonchev–Trinajstić information content (AvgIpc) is 2.54. The highest BCUT2D eigenvalue weighted by atomic mass is 32.2. The molecule has 2 N–H and O–H groups in total. The van der Waals surface area contributed by atoms with E-state index in [9.17, 15) is 18.0 Å². The van der Waals surface area contributed by atoms with Crippen LogP contribution in [-0.2, 0) is 19.6 Å². The third kappa shape index (κ3) is 4.61. The summed E-state index contributed by atoms with van der Waals surface area (Å²) in [7, 11) is -3.26. The lowest BCUT2D eigenvalue weighted by atomic mass is 10.1. The average molecular weight is 278 g/mol. The maximum Gasteiger partial charge on any atom is 0.303 e. The Bertz CT molecular complexity index is 420. The summed E-state index contributed by atoms with van der Waals surface area (Å²) in [5.74, 6) is -1.39. The molecular formula is C10H18N2O5S. The van der Waals surface area contributed by atoms with Gasteiger partial charge in [-0.3, -0.25) is 9.59 Å². The van der Waals surface area contributed by atoms with Gasteiger partial charge in [0.25, 0.3) is 0 Å². The Morgan fingerprint density at radius 2 is 2.11 bits per heavy atom. The van der Waals surface area contributed by atoms with Gasteiger partial charge in [0.05, 0.1) is 12.3 Å². The van der Waals surface area contributed by atoms with E-state index in [1.807, 2.05) is 0 Å². The van der Waals surface area contributed by atoms with Crippen LogP contribution >= 0.6 is 0 Å². The van der Waals surface area contributed by atoms with Gasteiger partial charge < -0.3 is 10.4 Å². The Morgan fingerprint density at radius 1 is 1.44 bits per heavy atom. The largest absolute Gasteiger partial charge is 0.481 e. The molecule has 1 fully saturated rings. The van der Waals surface area contributed by atoms with Crippen molar-refractivity contribution in [2.45, 2.75) is 19.8 Å². The highest BCUT2D eigenvalue weighted by molar-refractivity contribution is 7.89. The predicted molar refractivity (Wildman–Crippen MR) is 64.4 cm³/mol. The summed E-state index contributed by atoms with van der Waals surface area (Å²) < 4.78 is 24.1. The molecule has 0 aliphatic carbocycles. The molecule has 1 aliphatic heterocycles. The van der Waals surface area contributed by atoms with Gasteiger partial charge in [0, 0.05) is 19.5 Å². The number of rotatable bonds is 6. The molecule has 0 aromatic heterocycles. The molecule has 104 valence electrons. The first-order valence-electron chi connectivity index (χ1n) is 5.77. The van der Waals surface area contributed by atoms with Crippen molar-refractivity contribution in [3.63, 3.8) is 0 Å². The Hall–Kier alpha value is -1.15. The van der Waals surface area contributed by atoms with Gasteiger partial charge in [0.2, 0.25) is 15.9 Å². The van der Waals surface area contributed by atoms with Gasteiger partial charge in [0.1, 0.15) is 0 Å². The van der Waals surface area contributed by atoms with Crippen LogP contribution in [-0.4, -0.2) is 55.1 Å². The van der Waals surface area contributed by atoms with Crippen molar-refractivity contribution >= 4 is 21.9 Å². The minimum absolute atomic E-state index is 0.0255. The first kappa shape index (κ1) is 14.9. The number of hydrogen-bond acceptors (Lipinski definition) is 4. The summed E-state index contributed by atoms with van der Waals surface area (Å²) >= 11 is 0. The minimum atomic E-state index is -3.26. The zero-order valence-electron chi connectivity index (χ0n) is 10.3. The van der Waals surface area contributed by atoms with Gasteiger partial charge in [-0.25, -0.2) is 8.42 Å². The van der Waals surface area contributed by atoms with Gasteiger partial charge in [-0.05, 0) is 12.3 Å². The lowest BCUT2D eigenvalue weighted by molar-refractivity contribution is -0.138. The first-order chi connectivity index (χ1) is 8.31. The van der Waals surface area contributed by atoms with Crippen molar-refractivity contribution in [2.75, 3.05) is 25.4 Å². The number of hydrogen-bond donors (Lipinski definition) is 2. The fourth-order valence-electron chi connectivity index (χ4n) is 1.74. The molecule has 0 aromatic carbocycles. The second kappa shape index (κ2) is 6.14. The van der Waals surface area contributed by atoms with Crippen molar-refractivity contribution in [1.82, 2.24) is 9.62 Å². The molecule has 0 bridgehead atoms. The van der Waals surface area contributed by atoms with Gasteiger partial charge >= 0.3 is 5.97 Å². The molecule has 8 heteroatoms. The fourth-order valence-corrected chi connectivity index (χ4v) is 3.22. The van der Waals surface area contributed by atoms with Crippen molar-refractivity contribution in [2.24, 2.45) is 5.92 Å². The zero-order valence-corrected chi connectivity index (χ0v) is 11.1. The molecule has 1 unspecified atom stereocenters. The van der Waals surface area contributed by atoms with E-state index in [2.05, 4.69) is 5.32 Å². The Kier molecular flexibility index (Phi) is 5.09. The Morgan fingerprint density at radius 3 is 2.61 bits per heavy atom. The molecule has 0 spiro atoms. The van der Waals surface area contributed by atoms with Crippen LogP contribution in [0, 0.1) is 5.92 Å². The number of carboxylic acid groups (broad SMARTS) is 1. The zero-order chi connectivity index (χ0) is 13.8. The highest BCUT2D eigenvalue weighted by Crippen LogP contribution is 2.12. The molecule has 18 heavy (non-hydrogen) atoms.